The Kier molecular flexibility index (Phi) is 8.70. The topological polar surface area (TPSA) is 108 Å². The van der Waals surface area contributed by atoms with Gasteiger partial charge in [0.1, 0.15) is 6.54 Å². The minimum Gasteiger partial charge on any atom is -0.465 e. The van der Waals surface area contributed by atoms with Crippen molar-refractivity contribution in [2.24, 2.45) is 4.99 Å². The molecule has 1 atom stereocenters. The number of ketones is 2. The van der Waals surface area contributed by atoms with E-state index in [1.165, 1.54) is 0 Å². The smallest absolute Gasteiger partial charge is 0.356 e. The number of rotatable bonds is 10. The Morgan fingerprint density at radius 3 is 1.91 bits per heavy atom. The van der Waals surface area contributed by atoms with Gasteiger partial charge < -0.3 is 14.2 Å². The van der Waals surface area contributed by atoms with Gasteiger partial charge in [-0.25, -0.2) is 9.79 Å². The number of carbonyl (C=O) groups excluding carboxylic acids is 4. The van der Waals surface area contributed by atoms with E-state index in [1.54, 1.807) is 74.5 Å². The zero-order valence-corrected chi connectivity index (χ0v) is 20.9. The highest BCUT2D eigenvalue weighted by molar-refractivity contribution is 9.09. The summed E-state index contributed by atoms with van der Waals surface area (Å²) in [4.78, 5) is 56.9. The number of aliphatic imine (C=N–C) groups is 1. The second-order valence-corrected chi connectivity index (χ2v) is 7.91. The summed E-state index contributed by atoms with van der Waals surface area (Å²) in [6, 6.07) is 16.4. The van der Waals surface area contributed by atoms with Crippen molar-refractivity contribution in [1.82, 2.24) is 0 Å². The van der Waals surface area contributed by atoms with Crippen molar-refractivity contribution in [3.8, 4) is 0 Å². The fourth-order valence-electron chi connectivity index (χ4n) is 3.55. The molecule has 0 aliphatic carbocycles. The summed E-state index contributed by atoms with van der Waals surface area (Å²) < 4.78 is 16.1. The van der Waals surface area contributed by atoms with Crippen molar-refractivity contribution in [2.75, 3.05) is 25.1 Å². The SMILES string of the molecule is CCOC(=O)CN=C1OC(CBr)(C(=O)OCC)C(C(=O)c2ccccc2)=C1C(=O)c1ccccc1. The molecule has 0 saturated carbocycles. The fourth-order valence-corrected chi connectivity index (χ4v) is 4.17. The van der Waals surface area contributed by atoms with Crippen LogP contribution in [0.25, 0.3) is 0 Å². The molecule has 0 bridgehead atoms. The lowest BCUT2D eigenvalue weighted by Gasteiger charge is -2.26. The first-order valence-corrected chi connectivity index (χ1v) is 12.1. The zero-order chi connectivity index (χ0) is 25.4. The average molecular weight is 542 g/mol. The number of nitrogens with zero attached hydrogens (tertiary/aromatic N) is 1. The van der Waals surface area contributed by atoms with Crippen molar-refractivity contribution in [2.45, 2.75) is 19.4 Å². The van der Waals surface area contributed by atoms with Crippen molar-refractivity contribution < 1.29 is 33.4 Å². The summed E-state index contributed by atoms with van der Waals surface area (Å²) >= 11 is 3.28. The van der Waals surface area contributed by atoms with Gasteiger partial charge in [-0.15, -0.1) is 0 Å². The van der Waals surface area contributed by atoms with Crippen LogP contribution in [0.2, 0.25) is 0 Å². The van der Waals surface area contributed by atoms with Crippen molar-refractivity contribution in [3.05, 3.63) is 82.9 Å². The summed E-state index contributed by atoms with van der Waals surface area (Å²) in [6.07, 6.45) is 0. The van der Waals surface area contributed by atoms with E-state index in [1.807, 2.05) is 0 Å². The molecule has 182 valence electrons. The van der Waals surface area contributed by atoms with Crippen LogP contribution in [0.1, 0.15) is 34.6 Å². The molecule has 0 fully saturated rings. The summed E-state index contributed by atoms with van der Waals surface area (Å²) in [6.45, 7) is 2.95. The molecule has 0 saturated heterocycles. The molecule has 0 N–H and O–H groups in total. The monoisotopic (exact) mass is 541 g/mol. The number of hydrogen-bond donors (Lipinski definition) is 0. The fraction of sp³-hybridized carbons (Fsp3) is 0.269. The third-order valence-electron chi connectivity index (χ3n) is 5.12. The van der Waals surface area contributed by atoms with Crippen LogP contribution in [-0.4, -0.2) is 60.1 Å². The normalized spacial score (nSPS) is 18.2. The Labute approximate surface area is 211 Å². The third kappa shape index (κ3) is 5.40. The second kappa shape index (κ2) is 11.7. The molecule has 0 spiro atoms. The van der Waals surface area contributed by atoms with E-state index in [9.17, 15) is 19.2 Å². The standard InChI is InChI=1S/C26H24BrNO7/c1-3-33-19(29)15-28-24-20(22(30)17-11-7-5-8-12-17)21(23(31)18-13-9-6-10-14-18)26(16-27,35-24)25(32)34-4-2/h5-14H,3-4,15-16H2,1-2H3. The molecule has 0 amide bonds. The minimum absolute atomic E-state index is 0.0149. The van der Waals surface area contributed by atoms with Crippen LogP contribution in [0.3, 0.4) is 0 Å². The molecular formula is C26H24BrNO7. The van der Waals surface area contributed by atoms with Crippen LogP contribution < -0.4 is 0 Å². The number of alkyl halides is 1. The Hall–Kier alpha value is -3.59. The molecule has 1 unspecified atom stereocenters. The molecule has 2 aromatic carbocycles. The van der Waals surface area contributed by atoms with Gasteiger partial charge in [-0.1, -0.05) is 76.6 Å². The molecule has 3 rings (SSSR count). The van der Waals surface area contributed by atoms with E-state index in [0.29, 0.717) is 0 Å². The van der Waals surface area contributed by atoms with Crippen LogP contribution in [0, 0.1) is 0 Å². The van der Waals surface area contributed by atoms with Gasteiger partial charge in [0.05, 0.1) is 29.7 Å². The summed E-state index contributed by atoms with van der Waals surface area (Å²) in [5.41, 5.74) is -1.92. The first-order valence-electron chi connectivity index (χ1n) is 11.0. The van der Waals surface area contributed by atoms with Crippen LogP contribution in [0.4, 0.5) is 0 Å². The summed E-state index contributed by atoms with van der Waals surface area (Å²) in [5.74, 6) is -3.01. The number of carbonyl (C=O) groups is 4. The zero-order valence-electron chi connectivity index (χ0n) is 19.3. The molecule has 8 nitrogen and oxygen atoms in total. The van der Waals surface area contributed by atoms with E-state index in [-0.39, 0.29) is 46.7 Å². The molecule has 1 aliphatic rings. The highest BCUT2D eigenvalue weighted by atomic mass is 79.9. The molecule has 2 aromatic rings. The summed E-state index contributed by atoms with van der Waals surface area (Å²) in [5, 5.41) is -0.198. The van der Waals surface area contributed by atoms with Crippen LogP contribution in [0.5, 0.6) is 0 Å². The predicted molar refractivity (Wildman–Crippen MR) is 132 cm³/mol. The number of hydrogen-bond acceptors (Lipinski definition) is 8. The average Bonchev–Trinajstić information content (AvgIpc) is 3.23. The van der Waals surface area contributed by atoms with Crippen molar-refractivity contribution in [1.29, 1.82) is 0 Å². The Bertz CT molecular complexity index is 1170. The van der Waals surface area contributed by atoms with E-state index >= 15 is 0 Å². The first-order chi connectivity index (χ1) is 16.9. The summed E-state index contributed by atoms with van der Waals surface area (Å²) in [7, 11) is 0. The van der Waals surface area contributed by atoms with E-state index in [4.69, 9.17) is 14.2 Å². The highest BCUT2D eigenvalue weighted by Gasteiger charge is 2.57. The van der Waals surface area contributed by atoms with Crippen molar-refractivity contribution >= 4 is 45.3 Å². The number of esters is 2. The maximum Gasteiger partial charge on any atom is 0.356 e. The molecule has 9 heteroatoms. The molecule has 0 radical (unpaired) electrons. The number of benzene rings is 2. The number of Topliss-reactive ketones (excluding diaryl/α,β-unsaturated/α-hetero) is 2. The lowest BCUT2D eigenvalue weighted by molar-refractivity contribution is -0.156. The number of halogens is 1. The first kappa shape index (κ1) is 26.0. The Morgan fingerprint density at radius 2 is 1.40 bits per heavy atom. The van der Waals surface area contributed by atoms with Gasteiger partial charge in [0.2, 0.25) is 11.5 Å². The van der Waals surface area contributed by atoms with Gasteiger partial charge in [0.25, 0.3) is 0 Å². The van der Waals surface area contributed by atoms with Gasteiger partial charge in [0, 0.05) is 11.1 Å². The van der Waals surface area contributed by atoms with E-state index in [2.05, 4.69) is 20.9 Å². The van der Waals surface area contributed by atoms with E-state index < -0.39 is 35.7 Å². The van der Waals surface area contributed by atoms with Crippen molar-refractivity contribution in [3.63, 3.8) is 0 Å². The van der Waals surface area contributed by atoms with Crippen LogP contribution >= 0.6 is 15.9 Å². The molecular weight excluding hydrogens is 518 g/mol. The third-order valence-corrected chi connectivity index (χ3v) is 5.90. The Morgan fingerprint density at radius 1 is 0.857 bits per heavy atom. The molecule has 35 heavy (non-hydrogen) atoms. The molecule has 1 aliphatic heterocycles. The minimum atomic E-state index is -1.99. The number of ether oxygens (including phenoxy) is 3. The quantitative estimate of drug-likeness (QED) is 0.256. The predicted octanol–water partition coefficient (Wildman–Crippen LogP) is 3.74. The van der Waals surface area contributed by atoms with Gasteiger partial charge in [-0.3, -0.25) is 14.4 Å². The van der Waals surface area contributed by atoms with Gasteiger partial charge >= 0.3 is 11.9 Å². The maximum atomic E-state index is 13.8. The highest BCUT2D eigenvalue weighted by Crippen LogP contribution is 2.40. The van der Waals surface area contributed by atoms with Gasteiger partial charge in [-0.05, 0) is 13.8 Å². The van der Waals surface area contributed by atoms with Gasteiger partial charge in [0.15, 0.2) is 11.6 Å². The van der Waals surface area contributed by atoms with Crippen LogP contribution in [-0.2, 0) is 23.8 Å². The largest absolute Gasteiger partial charge is 0.465 e. The Balaban J connectivity index is 2.30. The maximum absolute atomic E-state index is 13.8. The molecule has 1 heterocycles. The van der Waals surface area contributed by atoms with Gasteiger partial charge in [-0.2, -0.15) is 0 Å². The lowest BCUT2D eigenvalue weighted by Crippen LogP contribution is -2.46. The molecule has 0 aromatic heterocycles. The van der Waals surface area contributed by atoms with Crippen LogP contribution in [0.15, 0.2) is 76.8 Å². The second-order valence-electron chi connectivity index (χ2n) is 7.35. The lowest BCUT2D eigenvalue weighted by atomic mass is 9.85. The van der Waals surface area contributed by atoms with E-state index in [0.717, 1.165) is 0 Å².